The lowest BCUT2D eigenvalue weighted by atomic mass is 9.48. The number of hydrogen-bond donors (Lipinski definition) is 3. The molecule has 0 aromatic rings. The zero-order valence-corrected chi connectivity index (χ0v) is 11.6. The van der Waals surface area contributed by atoms with Gasteiger partial charge >= 0.3 is 0 Å². The van der Waals surface area contributed by atoms with E-state index in [4.69, 9.17) is 5.84 Å². The summed E-state index contributed by atoms with van der Waals surface area (Å²) < 4.78 is 0. The van der Waals surface area contributed by atoms with Gasteiger partial charge in [-0.15, -0.1) is 0 Å². The molecule has 4 rings (SSSR count). The third-order valence-electron chi connectivity index (χ3n) is 5.72. The van der Waals surface area contributed by atoms with Crippen molar-refractivity contribution in [2.75, 3.05) is 7.05 Å². The highest BCUT2D eigenvalue weighted by Gasteiger charge is 2.53. The number of hydrazine groups is 1. The zero-order chi connectivity index (χ0) is 12.8. The summed E-state index contributed by atoms with van der Waals surface area (Å²) in [5.74, 6) is 9.18. The Kier molecular flexibility index (Phi) is 3.00. The highest BCUT2D eigenvalue weighted by molar-refractivity contribution is 5.79. The van der Waals surface area contributed by atoms with Gasteiger partial charge in [0.2, 0.25) is 5.96 Å². The van der Waals surface area contributed by atoms with E-state index in [1.54, 1.807) is 7.05 Å². The number of nitrogens with one attached hydrogen (secondary N) is 2. The molecule has 0 spiro atoms. The van der Waals surface area contributed by atoms with E-state index in [9.17, 15) is 0 Å². The van der Waals surface area contributed by atoms with Gasteiger partial charge in [-0.1, -0.05) is 0 Å². The van der Waals surface area contributed by atoms with E-state index in [1.807, 2.05) is 0 Å². The van der Waals surface area contributed by atoms with Crippen LogP contribution in [0.4, 0.5) is 0 Å². The number of guanidine groups is 1. The van der Waals surface area contributed by atoms with E-state index in [2.05, 4.69) is 22.7 Å². The summed E-state index contributed by atoms with van der Waals surface area (Å²) in [7, 11) is 1.77. The van der Waals surface area contributed by atoms with Gasteiger partial charge in [0.25, 0.3) is 0 Å². The predicted molar refractivity (Wildman–Crippen MR) is 73.9 cm³/mol. The van der Waals surface area contributed by atoms with Crippen LogP contribution in [0.2, 0.25) is 0 Å². The number of aliphatic imine (C=N–C) groups is 1. The smallest absolute Gasteiger partial charge is 0.205 e. The number of nitrogens with zero attached hydrogens (tertiary/aromatic N) is 1. The van der Waals surface area contributed by atoms with Crippen LogP contribution in [0.25, 0.3) is 0 Å². The largest absolute Gasteiger partial charge is 0.352 e. The maximum absolute atomic E-state index is 5.48. The molecule has 0 radical (unpaired) electrons. The van der Waals surface area contributed by atoms with Gasteiger partial charge in [0.15, 0.2) is 0 Å². The molecule has 4 nitrogen and oxygen atoms in total. The minimum atomic E-state index is 0.473. The molecule has 1 atom stereocenters. The van der Waals surface area contributed by atoms with Crippen LogP contribution < -0.4 is 16.6 Å². The van der Waals surface area contributed by atoms with Crippen molar-refractivity contribution in [3.63, 3.8) is 0 Å². The molecule has 0 aliphatic heterocycles. The Morgan fingerprint density at radius 1 is 1.17 bits per heavy atom. The van der Waals surface area contributed by atoms with Gasteiger partial charge in [0.05, 0.1) is 0 Å². The monoisotopic (exact) mass is 250 g/mol. The molecular formula is C14H26N4. The first-order chi connectivity index (χ1) is 8.65. The van der Waals surface area contributed by atoms with E-state index < -0.39 is 0 Å². The minimum Gasteiger partial charge on any atom is -0.352 e. The van der Waals surface area contributed by atoms with Gasteiger partial charge in [0.1, 0.15) is 0 Å². The van der Waals surface area contributed by atoms with Crippen LogP contribution in [0.15, 0.2) is 4.99 Å². The highest BCUT2D eigenvalue weighted by atomic mass is 15.3. The summed E-state index contributed by atoms with van der Waals surface area (Å²) >= 11 is 0. The van der Waals surface area contributed by atoms with Crippen LogP contribution in [0.1, 0.15) is 45.4 Å². The van der Waals surface area contributed by atoms with Gasteiger partial charge in [-0.05, 0) is 68.6 Å². The molecule has 4 fully saturated rings. The van der Waals surface area contributed by atoms with Crippen molar-refractivity contribution < 1.29 is 0 Å². The lowest BCUT2D eigenvalue weighted by Gasteiger charge is -2.59. The SMILES string of the molecule is CN=C(NN)NC(C)C12CC3CC(CC(C3)C1)C2. The molecule has 0 amide bonds. The number of hydrogen-bond acceptors (Lipinski definition) is 2. The second-order valence-corrected chi connectivity index (χ2v) is 6.86. The summed E-state index contributed by atoms with van der Waals surface area (Å²) in [6.07, 6.45) is 8.72. The molecular weight excluding hydrogens is 224 g/mol. The van der Waals surface area contributed by atoms with Crippen LogP contribution in [0.3, 0.4) is 0 Å². The predicted octanol–water partition coefficient (Wildman–Crippen LogP) is 1.63. The first-order valence-electron chi connectivity index (χ1n) is 7.35. The Labute approximate surface area is 110 Å². The van der Waals surface area contributed by atoms with Crippen LogP contribution in [0.5, 0.6) is 0 Å². The second-order valence-electron chi connectivity index (χ2n) is 6.86. The summed E-state index contributed by atoms with van der Waals surface area (Å²) in [6.45, 7) is 2.32. The third kappa shape index (κ3) is 1.91. The summed E-state index contributed by atoms with van der Waals surface area (Å²) in [4.78, 5) is 4.14. The molecule has 4 saturated carbocycles. The van der Waals surface area contributed by atoms with Crippen molar-refractivity contribution in [2.45, 2.75) is 51.5 Å². The Balaban J connectivity index is 1.74. The summed E-state index contributed by atoms with van der Waals surface area (Å²) in [5.41, 5.74) is 3.16. The maximum atomic E-state index is 5.48. The molecule has 0 saturated heterocycles. The fraction of sp³-hybridized carbons (Fsp3) is 0.929. The Hall–Kier alpha value is -0.770. The van der Waals surface area contributed by atoms with E-state index >= 15 is 0 Å². The Morgan fingerprint density at radius 3 is 2.06 bits per heavy atom. The first kappa shape index (κ1) is 12.3. The quantitative estimate of drug-likeness (QED) is 0.302. The Morgan fingerprint density at radius 2 is 1.67 bits per heavy atom. The van der Waals surface area contributed by atoms with Crippen LogP contribution >= 0.6 is 0 Å². The fourth-order valence-corrected chi connectivity index (χ4v) is 5.24. The Bertz CT molecular complexity index is 314. The minimum absolute atomic E-state index is 0.473. The lowest BCUT2D eigenvalue weighted by molar-refractivity contribution is -0.0673. The van der Waals surface area contributed by atoms with Gasteiger partial charge in [-0.3, -0.25) is 10.4 Å². The molecule has 0 heterocycles. The van der Waals surface area contributed by atoms with Crippen molar-refractivity contribution in [2.24, 2.45) is 34.0 Å². The maximum Gasteiger partial charge on any atom is 0.205 e. The van der Waals surface area contributed by atoms with E-state index in [0.29, 0.717) is 11.5 Å². The summed E-state index contributed by atoms with van der Waals surface area (Å²) in [5, 5.41) is 3.49. The number of nitrogens with two attached hydrogens (primary N) is 1. The van der Waals surface area contributed by atoms with Crippen LogP contribution in [0, 0.1) is 23.2 Å². The normalized spacial score (nSPS) is 43.9. The molecule has 0 aromatic carbocycles. The van der Waals surface area contributed by atoms with Gasteiger partial charge in [0, 0.05) is 13.1 Å². The molecule has 4 bridgehead atoms. The second kappa shape index (κ2) is 4.41. The average molecular weight is 250 g/mol. The van der Waals surface area contributed by atoms with Crippen LogP contribution in [-0.4, -0.2) is 19.0 Å². The average Bonchev–Trinajstić information content (AvgIpc) is 2.34. The van der Waals surface area contributed by atoms with E-state index in [1.165, 1.54) is 38.5 Å². The summed E-state index contributed by atoms with van der Waals surface area (Å²) in [6, 6.07) is 0.473. The van der Waals surface area contributed by atoms with E-state index in [0.717, 1.165) is 23.7 Å². The van der Waals surface area contributed by atoms with Gasteiger partial charge in [-0.25, -0.2) is 5.84 Å². The fourth-order valence-electron chi connectivity index (χ4n) is 5.24. The van der Waals surface area contributed by atoms with Crippen molar-refractivity contribution in [1.29, 1.82) is 0 Å². The molecule has 4 aliphatic rings. The zero-order valence-electron chi connectivity index (χ0n) is 11.6. The molecule has 4 heteroatoms. The highest BCUT2D eigenvalue weighted by Crippen LogP contribution is 2.61. The van der Waals surface area contributed by atoms with Crippen molar-refractivity contribution >= 4 is 5.96 Å². The third-order valence-corrected chi connectivity index (χ3v) is 5.72. The van der Waals surface area contributed by atoms with Crippen LogP contribution in [-0.2, 0) is 0 Å². The lowest BCUT2D eigenvalue weighted by Crippen LogP contribution is -2.58. The van der Waals surface area contributed by atoms with Gasteiger partial charge < -0.3 is 5.32 Å². The topological polar surface area (TPSA) is 62.4 Å². The molecule has 4 aliphatic carbocycles. The molecule has 0 aromatic heterocycles. The standard InChI is InChI=1S/C14H26N4/c1-9(17-13(16-2)18-15)14-6-10-3-11(7-14)5-12(4-10)8-14/h9-12H,3-8,15H2,1-2H3,(H2,16,17,18). The molecule has 18 heavy (non-hydrogen) atoms. The molecule has 1 unspecified atom stereocenters. The van der Waals surface area contributed by atoms with Crippen molar-refractivity contribution in [1.82, 2.24) is 10.7 Å². The van der Waals surface area contributed by atoms with Gasteiger partial charge in [-0.2, -0.15) is 0 Å². The van der Waals surface area contributed by atoms with E-state index in [-0.39, 0.29) is 0 Å². The molecule has 4 N–H and O–H groups in total. The first-order valence-corrected chi connectivity index (χ1v) is 7.35. The number of rotatable bonds is 2. The van der Waals surface area contributed by atoms with Crippen molar-refractivity contribution in [3.05, 3.63) is 0 Å². The molecule has 102 valence electrons. The van der Waals surface area contributed by atoms with Crippen molar-refractivity contribution in [3.8, 4) is 0 Å².